The maximum absolute atomic E-state index is 13.1. The molecular formula is C18H11ClF4N3O2-. The number of aromatic nitrogens is 2. The molecule has 0 spiro atoms. The van der Waals surface area contributed by atoms with E-state index >= 15 is 0 Å². The fourth-order valence-electron chi connectivity index (χ4n) is 2.26. The van der Waals surface area contributed by atoms with Crippen LogP contribution in [0.25, 0.3) is 11.3 Å². The van der Waals surface area contributed by atoms with E-state index < -0.39 is 18.3 Å². The molecule has 0 radical (unpaired) electrons. The number of hydrogen-bond donors (Lipinski definition) is 0. The molecule has 0 aliphatic carbocycles. The van der Waals surface area contributed by atoms with Gasteiger partial charge in [-0.15, -0.1) is 0 Å². The first-order chi connectivity index (χ1) is 13.3. The summed E-state index contributed by atoms with van der Waals surface area (Å²) < 4.78 is 54.7. The lowest BCUT2D eigenvalue weighted by Gasteiger charge is -2.29. The fraction of sp³-hybridized carbons (Fsp3) is 0.111. The molecule has 1 aromatic heterocycles. The van der Waals surface area contributed by atoms with Crippen LogP contribution in [0.3, 0.4) is 0 Å². The van der Waals surface area contributed by atoms with Gasteiger partial charge in [0.15, 0.2) is 0 Å². The van der Waals surface area contributed by atoms with E-state index in [4.69, 9.17) is 11.6 Å². The number of anilines is 2. The Hall–Kier alpha value is -2.91. The molecular weight excluding hydrogens is 402 g/mol. The van der Waals surface area contributed by atoms with Gasteiger partial charge in [-0.3, -0.25) is 0 Å². The number of hydrogen-bond acceptors (Lipinski definition) is 5. The second kappa shape index (κ2) is 7.99. The number of ether oxygens (including phenoxy) is 1. The van der Waals surface area contributed by atoms with E-state index in [1.165, 1.54) is 18.3 Å². The number of alkyl halides is 4. The lowest BCUT2D eigenvalue weighted by atomic mass is 10.1. The Labute approximate surface area is 161 Å². The average Bonchev–Trinajstić information content (AvgIpc) is 2.67. The zero-order chi connectivity index (χ0) is 20.3. The first kappa shape index (κ1) is 19.8. The van der Waals surface area contributed by atoms with Crippen LogP contribution in [-0.4, -0.2) is 22.5 Å². The average molecular weight is 413 g/mol. The van der Waals surface area contributed by atoms with Crippen LogP contribution in [0.4, 0.5) is 29.2 Å². The predicted molar refractivity (Wildman–Crippen MR) is 96.0 cm³/mol. The van der Waals surface area contributed by atoms with E-state index in [0.29, 0.717) is 16.3 Å². The van der Waals surface area contributed by atoms with Gasteiger partial charge in [0, 0.05) is 28.5 Å². The molecule has 0 amide bonds. The van der Waals surface area contributed by atoms with Gasteiger partial charge in [-0.2, -0.15) is 17.6 Å². The van der Waals surface area contributed by atoms with Crippen molar-refractivity contribution in [3.05, 3.63) is 71.0 Å². The predicted octanol–water partition coefficient (Wildman–Crippen LogP) is 5.67. The normalized spacial score (nSPS) is 11.5. The third-order valence-corrected chi connectivity index (χ3v) is 3.86. The Morgan fingerprint density at radius 3 is 2.54 bits per heavy atom. The Bertz CT molecular complexity index is 975. The minimum atomic E-state index is -4.69. The Morgan fingerprint density at radius 1 is 1.07 bits per heavy atom. The summed E-state index contributed by atoms with van der Waals surface area (Å²) in [6.45, 7) is 0. The second-order valence-corrected chi connectivity index (χ2v) is 5.89. The van der Waals surface area contributed by atoms with Crippen molar-refractivity contribution in [1.29, 1.82) is 0 Å². The molecule has 10 heteroatoms. The van der Waals surface area contributed by atoms with Crippen LogP contribution >= 0.6 is 11.6 Å². The third kappa shape index (κ3) is 4.32. The molecule has 3 aromatic rings. The molecule has 0 saturated carbocycles. The Morgan fingerprint density at radius 2 is 1.82 bits per heavy atom. The Balaban J connectivity index is 1.89. The zero-order valence-electron chi connectivity index (χ0n) is 13.9. The standard InChI is InChI=1S/C18H11ClF4N3O2/c19-14-7-2-1-6-13(14)15-8-9-24-17(25-15)26(27)11-4-3-5-12(10-11)28-18(22,23)16(20)21/h1-10,16H/q-1. The molecule has 0 N–H and O–H groups in total. The number of halogens is 5. The summed E-state index contributed by atoms with van der Waals surface area (Å²) in [7, 11) is 0. The number of rotatable bonds is 6. The maximum Gasteiger partial charge on any atom is 0.461 e. The maximum atomic E-state index is 13.1. The van der Waals surface area contributed by atoms with Crippen LogP contribution < -0.4 is 9.80 Å². The molecule has 5 nitrogen and oxygen atoms in total. The fourth-order valence-corrected chi connectivity index (χ4v) is 2.49. The van der Waals surface area contributed by atoms with E-state index in [1.54, 1.807) is 30.3 Å². The van der Waals surface area contributed by atoms with Gasteiger partial charge in [0.05, 0.1) is 5.69 Å². The van der Waals surface area contributed by atoms with Gasteiger partial charge < -0.3 is 15.0 Å². The molecule has 1 heterocycles. The van der Waals surface area contributed by atoms with Crippen LogP contribution in [0.5, 0.6) is 5.75 Å². The topological polar surface area (TPSA) is 61.3 Å². The molecule has 0 atom stereocenters. The lowest BCUT2D eigenvalue weighted by Crippen LogP contribution is -2.33. The summed E-state index contributed by atoms with van der Waals surface area (Å²) >= 11 is 6.11. The number of benzene rings is 2. The van der Waals surface area contributed by atoms with E-state index in [1.807, 2.05) is 0 Å². The van der Waals surface area contributed by atoms with Crippen LogP contribution in [-0.2, 0) is 0 Å². The summed E-state index contributed by atoms with van der Waals surface area (Å²) in [5, 5.41) is 13.2. The summed E-state index contributed by atoms with van der Waals surface area (Å²) in [6.07, 6.45) is -7.38. The van der Waals surface area contributed by atoms with Crippen molar-refractivity contribution in [2.75, 3.05) is 5.06 Å². The molecule has 0 bridgehead atoms. The van der Waals surface area contributed by atoms with E-state index in [-0.39, 0.29) is 16.7 Å². The highest BCUT2D eigenvalue weighted by Gasteiger charge is 2.44. The largest absolute Gasteiger partial charge is 0.752 e. The highest BCUT2D eigenvalue weighted by molar-refractivity contribution is 6.33. The zero-order valence-corrected chi connectivity index (χ0v) is 14.7. The third-order valence-electron chi connectivity index (χ3n) is 3.53. The highest BCUT2D eigenvalue weighted by atomic mass is 35.5. The van der Waals surface area contributed by atoms with Crippen LogP contribution in [0.15, 0.2) is 60.8 Å². The van der Waals surface area contributed by atoms with Crippen molar-refractivity contribution in [1.82, 2.24) is 9.97 Å². The van der Waals surface area contributed by atoms with Gasteiger partial charge in [0.25, 0.3) is 0 Å². The van der Waals surface area contributed by atoms with Crippen LogP contribution in [0.1, 0.15) is 0 Å². The number of nitrogens with zero attached hydrogens (tertiary/aromatic N) is 3. The molecule has 3 rings (SSSR count). The van der Waals surface area contributed by atoms with Gasteiger partial charge in [0.2, 0.25) is 5.95 Å². The highest BCUT2D eigenvalue weighted by Crippen LogP contribution is 2.32. The van der Waals surface area contributed by atoms with Gasteiger partial charge in [-0.1, -0.05) is 35.9 Å². The molecule has 0 aliphatic rings. The molecule has 0 unspecified atom stereocenters. The lowest BCUT2D eigenvalue weighted by molar-refractivity contribution is -0.253. The minimum absolute atomic E-state index is 0.182. The van der Waals surface area contributed by atoms with Crippen molar-refractivity contribution >= 4 is 23.2 Å². The molecule has 28 heavy (non-hydrogen) atoms. The molecule has 0 fully saturated rings. The molecule has 0 saturated heterocycles. The summed E-state index contributed by atoms with van der Waals surface area (Å²) in [5.41, 5.74) is 0.752. The molecule has 146 valence electrons. The van der Waals surface area contributed by atoms with Gasteiger partial charge >= 0.3 is 12.5 Å². The van der Waals surface area contributed by atoms with Crippen molar-refractivity contribution < 1.29 is 22.3 Å². The molecule has 2 aromatic carbocycles. The smallest absolute Gasteiger partial charge is 0.461 e. The first-order valence-corrected chi connectivity index (χ1v) is 8.16. The van der Waals surface area contributed by atoms with Gasteiger partial charge in [-0.05, 0) is 24.3 Å². The SMILES string of the molecule is [O-]N(c1cccc(OC(F)(F)C(F)F)c1)c1nccc(-c2ccccc2Cl)n1. The van der Waals surface area contributed by atoms with E-state index in [9.17, 15) is 22.8 Å². The van der Waals surface area contributed by atoms with Gasteiger partial charge in [-0.25, -0.2) is 9.97 Å². The summed E-state index contributed by atoms with van der Waals surface area (Å²) in [4.78, 5) is 7.98. The van der Waals surface area contributed by atoms with E-state index in [2.05, 4.69) is 14.7 Å². The monoisotopic (exact) mass is 412 g/mol. The quantitative estimate of drug-likeness (QED) is 0.385. The van der Waals surface area contributed by atoms with Crippen molar-refractivity contribution in [2.24, 2.45) is 0 Å². The Kier molecular flexibility index (Phi) is 5.66. The van der Waals surface area contributed by atoms with Crippen LogP contribution in [0, 0.1) is 5.21 Å². The minimum Gasteiger partial charge on any atom is -0.752 e. The van der Waals surface area contributed by atoms with Crippen molar-refractivity contribution in [2.45, 2.75) is 12.5 Å². The summed E-state index contributed by atoms with van der Waals surface area (Å²) in [6, 6.07) is 12.7. The van der Waals surface area contributed by atoms with Crippen molar-refractivity contribution in [3.63, 3.8) is 0 Å². The van der Waals surface area contributed by atoms with Crippen LogP contribution in [0.2, 0.25) is 5.02 Å². The summed E-state index contributed by atoms with van der Waals surface area (Å²) in [5.74, 6) is -0.902. The van der Waals surface area contributed by atoms with Gasteiger partial charge in [0.1, 0.15) is 5.75 Å². The van der Waals surface area contributed by atoms with E-state index in [0.717, 1.165) is 12.1 Å². The second-order valence-electron chi connectivity index (χ2n) is 5.48. The first-order valence-electron chi connectivity index (χ1n) is 7.78. The molecule has 0 aliphatic heterocycles. The van der Waals surface area contributed by atoms with Crippen molar-refractivity contribution in [3.8, 4) is 17.0 Å².